The van der Waals surface area contributed by atoms with Crippen LogP contribution in [0.5, 0.6) is 0 Å². The summed E-state index contributed by atoms with van der Waals surface area (Å²) in [6.07, 6.45) is 4.17. The summed E-state index contributed by atoms with van der Waals surface area (Å²) in [5.41, 5.74) is 1.02. The zero-order valence-corrected chi connectivity index (χ0v) is 8.12. The van der Waals surface area contributed by atoms with E-state index in [4.69, 9.17) is 0 Å². The van der Waals surface area contributed by atoms with Crippen LogP contribution in [0.3, 0.4) is 0 Å². The van der Waals surface area contributed by atoms with Crippen molar-refractivity contribution in [2.75, 3.05) is 5.32 Å². The van der Waals surface area contributed by atoms with Gasteiger partial charge in [-0.3, -0.25) is 0 Å². The highest BCUT2D eigenvalue weighted by Gasteiger charge is 2.35. The Bertz CT molecular complexity index is 298. The van der Waals surface area contributed by atoms with Crippen molar-refractivity contribution in [3.63, 3.8) is 0 Å². The first kappa shape index (κ1) is 8.48. The highest BCUT2D eigenvalue weighted by Crippen LogP contribution is 2.35. The van der Waals surface area contributed by atoms with Gasteiger partial charge in [0, 0.05) is 17.8 Å². The Balaban J connectivity index is 1.95. The van der Waals surface area contributed by atoms with Crippen LogP contribution >= 0.6 is 0 Å². The average Bonchev–Trinajstić information content (AvgIpc) is 2.83. The van der Waals surface area contributed by atoms with Gasteiger partial charge in [-0.25, -0.2) is 9.97 Å². The largest absolute Gasteiger partial charge is 0.367 e. The standard InChI is InChI=1S/C10H15N3/c1-3-8-5-9(8)13-10-4-7(2)11-6-12-10/h4,6,8-9H,3,5H2,1-2H3,(H,11,12,13). The van der Waals surface area contributed by atoms with Gasteiger partial charge in [0.15, 0.2) is 0 Å². The minimum absolute atomic E-state index is 0.652. The maximum absolute atomic E-state index is 4.17. The Morgan fingerprint density at radius 2 is 2.38 bits per heavy atom. The third-order valence-corrected chi connectivity index (χ3v) is 2.58. The van der Waals surface area contributed by atoms with E-state index >= 15 is 0 Å². The van der Waals surface area contributed by atoms with E-state index in [1.165, 1.54) is 12.8 Å². The van der Waals surface area contributed by atoms with Gasteiger partial charge < -0.3 is 5.32 Å². The number of aromatic nitrogens is 2. The molecule has 13 heavy (non-hydrogen) atoms. The maximum Gasteiger partial charge on any atom is 0.129 e. The topological polar surface area (TPSA) is 37.8 Å². The summed E-state index contributed by atoms with van der Waals surface area (Å²) in [6, 6.07) is 2.64. The lowest BCUT2D eigenvalue weighted by Crippen LogP contribution is -2.06. The molecule has 0 aromatic carbocycles. The molecular formula is C10H15N3. The van der Waals surface area contributed by atoms with Crippen molar-refractivity contribution in [1.29, 1.82) is 0 Å². The van der Waals surface area contributed by atoms with Gasteiger partial charge in [-0.05, 0) is 19.3 Å². The molecule has 1 saturated carbocycles. The highest BCUT2D eigenvalue weighted by molar-refractivity contribution is 5.37. The monoisotopic (exact) mass is 177 g/mol. The van der Waals surface area contributed by atoms with Crippen molar-refractivity contribution in [2.45, 2.75) is 32.7 Å². The molecule has 1 N–H and O–H groups in total. The molecule has 1 aromatic heterocycles. The molecule has 0 radical (unpaired) electrons. The first-order valence-electron chi connectivity index (χ1n) is 4.84. The van der Waals surface area contributed by atoms with E-state index in [1.807, 2.05) is 13.0 Å². The quantitative estimate of drug-likeness (QED) is 0.767. The van der Waals surface area contributed by atoms with Gasteiger partial charge in [0.1, 0.15) is 12.1 Å². The van der Waals surface area contributed by atoms with E-state index in [0.29, 0.717) is 6.04 Å². The SMILES string of the molecule is CCC1CC1Nc1cc(C)ncn1. The summed E-state index contributed by atoms with van der Waals surface area (Å²) in [5, 5.41) is 3.41. The minimum Gasteiger partial charge on any atom is -0.367 e. The van der Waals surface area contributed by atoms with Crippen LogP contribution < -0.4 is 5.32 Å². The molecule has 0 aliphatic heterocycles. The Labute approximate surface area is 78.6 Å². The number of aryl methyl sites for hydroxylation is 1. The van der Waals surface area contributed by atoms with E-state index in [1.54, 1.807) is 6.33 Å². The molecule has 2 unspecified atom stereocenters. The Hall–Kier alpha value is -1.12. The van der Waals surface area contributed by atoms with Crippen molar-refractivity contribution in [3.05, 3.63) is 18.1 Å². The molecule has 1 aromatic rings. The third-order valence-electron chi connectivity index (χ3n) is 2.58. The summed E-state index contributed by atoms with van der Waals surface area (Å²) in [7, 11) is 0. The lowest BCUT2D eigenvalue weighted by molar-refractivity contribution is 0.773. The van der Waals surface area contributed by atoms with Gasteiger partial charge in [-0.15, -0.1) is 0 Å². The van der Waals surface area contributed by atoms with Crippen molar-refractivity contribution in [2.24, 2.45) is 5.92 Å². The van der Waals surface area contributed by atoms with Crippen molar-refractivity contribution >= 4 is 5.82 Å². The molecule has 2 atom stereocenters. The number of nitrogens with zero attached hydrogens (tertiary/aromatic N) is 2. The number of hydrogen-bond acceptors (Lipinski definition) is 3. The molecule has 0 spiro atoms. The fraction of sp³-hybridized carbons (Fsp3) is 0.600. The van der Waals surface area contributed by atoms with Crippen LogP contribution in [0.1, 0.15) is 25.5 Å². The Morgan fingerprint density at radius 1 is 1.54 bits per heavy atom. The van der Waals surface area contributed by atoms with Gasteiger partial charge in [0.05, 0.1) is 0 Å². The Morgan fingerprint density at radius 3 is 3.00 bits per heavy atom. The Kier molecular flexibility index (Phi) is 2.17. The van der Waals surface area contributed by atoms with Crippen LogP contribution in [0.15, 0.2) is 12.4 Å². The summed E-state index contributed by atoms with van der Waals surface area (Å²) >= 11 is 0. The number of rotatable bonds is 3. The number of nitrogens with one attached hydrogen (secondary N) is 1. The molecule has 0 bridgehead atoms. The van der Waals surface area contributed by atoms with E-state index < -0.39 is 0 Å². The van der Waals surface area contributed by atoms with Crippen molar-refractivity contribution < 1.29 is 0 Å². The molecule has 3 heteroatoms. The minimum atomic E-state index is 0.652. The van der Waals surface area contributed by atoms with Gasteiger partial charge in [0.2, 0.25) is 0 Å². The molecule has 3 nitrogen and oxygen atoms in total. The maximum atomic E-state index is 4.17. The van der Waals surface area contributed by atoms with Gasteiger partial charge in [-0.1, -0.05) is 13.3 Å². The lowest BCUT2D eigenvalue weighted by atomic mass is 10.3. The van der Waals surface area contributed by atoms with Gasteiger partial charge in [-0.2, -0.15) is 0 Å². The van der Waals surface area contributed by atoms with Gasteiger partial charge >= 0.3 is 0 Å². The zero-order valence-electron chi connectivity index (χ0n) is 8.12. The molecule has 1 aliphatic rings. The van der Waals surface area contributed by atoms with Gasteiger partial charge in [0.25, 0.3) is 0 Å². The second-order valence-electron chi connectivity index (χ2n) is 3.70. The molecule has 0 saturated heterocycles. The summed E-state index contributed by atoms with van der Waals surface area (Å²) in [6.45, 7) is 4.22. The van der Waals surface area contributed by atoms with E-state index in [9.17, 15) is 0 Å². The van der Waals surface area contributed by atoms with Crippen LogP contribution in [-0.2, 0) is 0 Å². The summed E-state index contributed by atoms with van der Waals surface area (Å²) in [5.74, 6) is 1.82. The van der Waals surface area contributed by atoms with E-state index in [2.05, 4.69) is 22.2 Å². The fourth-order valence-corrected chi connectivity index (χ4v) is 1.60. The second kappa shape index (κ2) is 3.32. The molecule has 1 aliphatic carbocycles. The molecule has 70 valence electrons. The van der Waals surface area contributed by atoms with Crippen molar-refractivity contribution in [3.8, 4) is 0 Å². The smallest absolute Gasteiger partial charge is 0.129 e. The first-order valence-corrected chi connectivity index (χ1v) is 4.84. The van der Waals surface area contributed by atoms with Crippen LogP contribution in [-0.4, -0.2) is 16.0 Å². The van der Waals surface area contributed by atoms with Crippen molar-refractivity contribution in [1.82, 2.24) is 9.97 Å². The third kappa shape index (κ3) is 1.97. The zero-order chi connectivity index (χ0) is 9.26. The number of hydrogen-bond donors (Lipinski definition) is 1. The van der Waals surface area contributed by atoms with E-state index in [-0.39, 0.29) is 0 Å². The lowest BCUT2D eigenvalue weighted by Gasteiger charge is -2.03. The average molecular weight is 177 g/mol. The van der Waals surface area contributed by atoms with Crippen LogP contribution in [0.2, 0.25) is 0 Å². The molecule has 1 heterocycles. The predicted octanol–water partition coefficient (Wildman–Crippen LogP) is 2.00. The van der Waals surface area contributed by atoms with Crippen LogP contribution in [0.4, 0.5) is 5.82 Å². The van der Waals surface area contributed by atoms with E-state index in [0.717, 1.165) is 17.4 Å². The summed E-state index contributed by atoms with van der Waals surface area (Å²) in [4.78, 5) is 8.22. The molecule has 1 fully saturated rings. The normalized spacial score (nSPS) is 25.7. The van der Waals surface area contributed by atoms with Crippen LogP contribution in [0.25, 0.3) is 0 Å². The highest BCUT2D eigenvalue weighted by atomic mass is 15.1. The molecular weight excluding hydrogens is 162 g/mol. The first-order chi connectivity index (χ1) is 6.29. The summed E-state index contributed by atoms with van der Waals surface area (Å²) < 4.78 is 0. The molecule has 0 amide bonds. The predicted molar refractivity (Wildman–Crippen MR) is 52.6 cm³/mol. The van der Waals surface area contributed by atoms with Crippen LogP contribution in [0, 0.1) is 12.8 Å². The molecule has 2 rings (SSSR count). The number of anilines is 1. The fourth-order valence-electron chi connectivity index (χ4n) is 1.60. The second-order valence-corrected chi connectivity index (χ2v) is 3.70.